The van der Waals surface area contributed by atoms with Crippen molar-refractivity contribution < 1.29 is 18.7 Å². The summed E-state index contributed by atoms with van der Waals surface area (Å²) in [6, 6.07) is 0. The molecule has 0 unspecified atom stereocenters. The molecule has 0 amide bonds. The Hall–Kier alpha value is -0.970. The van der Waals surface area contributed by atoms with Crippen molar-refractivity contribution in [3.8, 4) is 0 Å². The third-order valence-electron chi connectivity index (χ3n) is 2.21. The first-order chi connectivity index (χ1) is 6.49. The van der Waals surface area contributed by atoms with Gasteiger partial charge in [0.2, 0.25) is 0 Å². The average molecular weight is 205 g/mol. The number of nitrogens with zero attached hydrogens (tertiary/aromatic N) is 1. The highest BCUT2D eigenvalue weighted by molar-refractivity contribution is 5.79. The molecule has 1 aliphatic rings. The first-order valence-electron chi connectivity index (χ1n) is 4.49. The summed E-state index contributed by atoms with van der Waals surface area (Å²) >= 11 is 0. The molecule has 1 heterocycles. The zero-order valence-corrected chi connectivity index (χ0v) is 7.75. The number of piperidine rings is 1. The van der Waals surface area contributed by atoms with Crippen LogP contribution in [-0.4, -0.2) is 41.5 Å². The van der Waals surface area contributed by atoms with E-state index in [2.05, 4.69) is 0 Å². The van der Waals surface area contributed by atoms with Crippen molar-refractivity contribution in [2.24, 2.45) is 0 Å². The van der Waals surface area contributed by atoms with E-state index >= 15 is 0 Å². The third-order valence-corrected chi connectivity index (χ3v) is 2.21. The number of rotatable bonds is 3. The Kier molecular flexibility index (Phi) is 3.57. The lowest BCUT2D eigenvalue weighted by molar-refractivity contribution is -0.131. The molecule has 0 radical (unpaired) electrons. The van der Waals surface area contributed by atoms with Crippen LogP contribution in [0.3, 0.4) is 0 Å². The van der Waals surface area contributed by atoms with Crippen LogP contribution in [0.2, 0.25) is 0 Å². The summed E-state index contributed by atoms with van der Waals surface area (Å²) in [5, 5.41) is 8.30. The van der Waals surface area contributed by atoms with Gasteiger partial charge < -0.3 is 5.11 Å². The van der Waals surface area contributed by atoms with Crippen LogP contribution < -0.4 is 0 Å². The van der Waals surface area contributed by atoms with Gasteiger partial charge in [0.15, 0.2) is 0 Å². The molecule has 0 saturated carbocycles. The van der Waals surface area contributed by atoms with Crippen molar-refractivity contribution in [1.82, 2.24) is 4.90 Å². The van der Waals surface area contributed by atoms with Gasteiger partial charge in [-0.2, -0.15) is 0 Å². The maximum atomic E-state index is 12.7. The quantitative estimate of drug-likeness (QED) is 0.707. The molecule has 0 aromatic carbocycles. The SMILES string of the molecule is O=C(O)C=CCN1CCC(F)(F)CC1. The maximum Gasteiger partial charge on any atom is 0.328 e. The zero-order chi connectivity index (χ0) is 10.6. The average Bonchev–Trinajstić information content (AvgIpc) is 2.07. The Bertz CT molecular complexity index is 231. The summed E-state index contributed by atoms with van der Waals surface area (Å²) in [6.45, 7) is 1.09. The van der Waals surface area contributed by atoms with Crippen LogP contribution in [0.4, 0.5) is 8.78 Å². The van der Waals surface area contributed by atoms with E-state index in [4.69, 9.17) is 5.11 Å². The van der Waals surface area contributed by atoms with Crippen molar-refractivity contribution in [1.29, 1.82) is 0 Å². The van der Waals surface area contributed by atoms with Gasteiger partial charge in [-0.1, -0.05) is 6.08 Å². The lowest BCUT2D eigenvalue weighted by atomic mass is 10.1. The number of carboxylic acids is 1. The molecule has 3 nitrogen and oxygen atoms in total. The van der Waals surface area contributed by atoms with Crippen molar-refractivity contribution in [2.45, 2.75) is 18.8 Å². The van der Waals surface area contributed by atoms with Crippen LogP contribution in [0.1, 0.15) is 12.8 Å². The van der Waals surface area contributed by atoms with Crippen molar-refractivity contribution >= 4 is 5.97 Å². The second kappa shape index (κ2) is 4.50. The van der Waals surface area contributed by atoms with Gasteiger partial charge in [0, 0.05) is 38.6 Å². The molecule has 0 aromatic rings. The van der Waals surface area contributed by atoms with Gasteiger partial charge in [0.05, 0.1) is 0 Å². The van der Waals surface area contributed by atoms with Gasteiger partial charge >= 0.3 is 5.97 Å². The van der Waals surface area contributed by atoms with Crippen molar-refractivity contribution in [3.05, 3.63) is 12.2 Å². The summed E-state index contributed by atoms with van der Waals surface area (Å²) in [5.74, 6) is -3.54. The number of alkyl halides is 2. The normalized spacial score (nSPS) is 22.7. The number of halogens is 2. The first kappa shape index (κ1) is 11.1. The predicted octanol–water partition coefficient (Wildman–Crippen LogP) is 1.36. The zero-order valence-electron chi connectivity index (χ0n) is 7.75. The molecule has 80 valence electrons. The molecule has 1 aliphatic heterocycles. The second-order valence-corrected chi connectivity index (χ2v) is 3.40. The summed E-state index contributed by atoms with van der Waals surface area (Å²) < 4.78 is 25.4. The van der Waals surface area contributed by atoms with Crippen molar-refractivity contribution in [2.75, 3.05) is 19.6 Å². The molecular weight excluding hydrogens is 192 g/mol. The van der Waals surface area contributed by atoms with Crippen LogP contribution in [0.15, 0.2) is 12.2 Å². The van der Waals surface area contributed by atoms with Gasteiger partial charge in [0.25, 0.3) is 5.92 Å². The molecule has 0 aromatic heterocycles. The van der Waals surface area contributed by atoms with E-state index in [1.807, 2.05) is 4.90 Å². The summed E-state index contributed by atoms with van der Waals surface area (Å²) in [7, 11) is 0. The number of carbonyl (C=O) groups is 1. The van der Waals surface area contributed by atoms with E-state index in [1.54, 1.807) is 0 Å². The lowest BCUT2D eigenvalue weighted by Gasteiger charge is -2.30. The number of likely N-dealkylation sites (tertiary alicyclic amines) is 1. The van der Waals surface area contributed by atoms with Crippen LogP contribution in [-0.2, 0) is 4.79 Å². The van der Waals surface area contributed by atoms with Gasteiger partial charge in [-0.05, 0) is 0 Å². The molecule has 0 atom stereocenters. The van der Waals surface area contributed by atoms with Crippen LogP contribution >= 0.6 is 0 Å². The fourth-order valence-corrected chi connectivity index (χ4v) is 1.37. The monoisotopic (exact) mass is 205 g/mol. The largest absolute Gasteiger partial charge is 0.478 e. The standard InChI is InChI=1S/C9H13F2NO2/c10-9(11)3-6-12(7-4-9)5-1-2-8(13)14/h1-2H,3-7H2,(H,13,14). The molecule has 1 N–H and O–H groups in total. The van der Waals surface area contributed by atoms with E-state index in [9.17, 15) is 13.6 Å². The van der Waals surface area contributed by atoms with Crippen LogP contribution in [0, 0.1) is 0 Å². The fraction of sp³-hybridized carbons (Fsp3) is 0.667. The van der Waals surface area contributed by atoms with E-state index in [1.165, 1.54) is 6.08 Å². The number of hydrogen-bond acceptors (Lipinski definition) is 2. The molecule has 14 heavy (non-hydrogen) atoms. The third kappa shape index (κ3) is 3.83. The molecule has 1 saturated heterocycles. The van der Waals surface area contributed by atoms with Gasteiger partial charge in [-0.15, -0.1) is 0 Å². The molecule has 5 heteroatoms. The molecule has 1 rings (SSSR count). The minimum Gasteiger partial charge on any atom is -0.478 e. The first-order valence-corrected chi connectivity index (χ1v) is 4.49. The topological polar surface area (TPSA) is 40.5 Å². The summed E-state index contributed by atoms with van der Waals surface area (Å²) in [6.07, 6.45) is 2.25. The number of aliphatic carboxylic acids is 1. The number of hydrogen-bond donors (Lipinski definition) is 1. The fourth-order valence-electron chi connectivity index (χ4n) is 1.37. The molecule has 0 spiro atoms. The maximum absolute atomic E-state index is 12.7. The van der Waals surface area contributed by atoms with Gasteiger partial charge in [-0.25, -0.2) is 13.6 Å². The highest BCUT2D eigenvalue weighted by Crippen LogP contribution is 2.27. The van der Waals surface area contributed by atoms with Crippen molar-refractivity contribution in [3.63, 3.8) is 0 Å². The molecular formula is C9H13F2NO2. The predicted molar refractivity (Wildman–Crippen MR) is 47.4 cm³/mol. The smallest absolute Gasteiger partial charge is 0.328 e. The van der Waals surface area contributed by atoms with E-state index in [0.29, 0.717) is 19.6 Å². The Morgan fingerprint density at radius 3 is 2.50 bits per heavy atom. The highest BCUT2D eigenvalue weighted by atomic mass is 19.3. The molecule has 1 fully saturated rings. The molecule has 0 aliphatic carbocycles. The minimum atomic E-state index is -2.53. The number of carboxylic acid groups (broad SMARTS) is 1. The minimum absolute atomic E-state index is 0.131. The second-order valence-electron chi connectivity index (χ2n) is 3.40. The Morgan fingerprint density at radius 2 is 2.00 bits per heavy atom. The van der Waals surface area contributed by atoms with Crippen LogP contribution in [0.5, 0.6) is 0 Å². The molecule has 0 bridgehead atoms. The van der Waals surface area contributed by atoms with Crippen LogP contribution in [0.25, 0.3) is 0 Å². The summed E-state index contributed by atoms with van der Waals surface area (Å²) in [5.41, 5.74) is 0. The highest BCUT2D eigenvalue weighted by Gasteiger charge is 2.33. The van der Waals surface area contributed by atoms with Gasteiger partial charge in [0.1, 0.15) is 0 Å². The van der Waals surface area contributed by atoms with E-state index in [-0.39, 0.29) is 12.8 Å². The van der Waals surface area contributed by atoms with Gasteiger partial charge in [-0.3, -0.25) is 4.90 Å². The Morgan fingerprint density at radius 1 is 1.43 bits per heavy atom. The Balaban J connectivity index is 2.26. The Labute approximate surface area is 81.0 Å². The summed E-state index contributed by atoms with van der Waals surface area (Å²) in [4.78, 5) is 11.9. The van der Waals surface area contributed by atoms with E-state index < -0.39 is 11.9 Å². The lowest BCUT2D eigenvalue weighted by Crippen LogP contribution is -2.39. The van der Waals surface area contributed by atoms with E-state index in [0.717, 1.165) is 6.08 Å².